The van der Waals surface area contributed by atoms with Crippen LogP contribution in [0.1, 0.15) is 57.4 Å². The Labute approximate surface area is 126 Å². The summed E-state index contributed by atoms with van der Waals surface area (Å²) in [6.45, 7) is 2.87. The molecule has 1 aromatic heterocycles. The number of hydrazine groups is 1. The number of aryl methyl sites for hydroxylation is 1. The van der Waals surface area contributed by atoms with Gasteiger partial charge in [0.1, 0.15) is 0 Å². The van der Waals surface area contributed by atoms with E-state index in [1.54, 1.807) is 11.3 Å². The average Bonchev–Trinajstić information content (AvgIpc) is 2.86. The maximum atomic E-state index is 6.23. The molecule has 0 aliphatic heterocycles. The monoisotopic (exact) mass is 296 g/mol. The Balaban J connectivity index is 2.03. The molecular weight excluding hydrogens is 268 g/mol. The fourth-order valence-corrected chi connectivity index (χ4v) is 4.16. The van der Waals surface area contributed by atoms with E-state index in [1.165, 1.54) is 31.2 Å². The molecule has 1 heterocycles. The van der Waals surface area contributed by atoms with Crippen LogP contribution in [0.5, 0.6) is 0 Å². The summed E-state index contributed by atoms with van der Waals surface area (Å²) in [5.41, 5.74) is 4.42. The summed E-state index contributed by atoms with van der Waals surface area (Å²) in [4.78, 5) is 0. The number of hydrogen-bond donors (Lipinski definition) is 2. The van der Waals surface area contributed by atoms with Crippen LogP contribution in [0.3, 0.4) is 0 Å². The SMILES string of the molecule is CCOC1(C(CCc2ccsc2)NN)CCCCCC1. The Hall–Kier alpha value is -0.420. The Bertz CT molecular complexity index is 359. The third-order valence-corrected chi connectivity index (χ3v) is 5.25. The number of nitrogens with two attached hydrogens (primary N) is 1. The van der Waals surface area contributed by atoms with Gasteiger partial charge < -0.3 is 4.74 Å². The van der Waals surface area contributed by atoms with E-state index in [2.05, 4.69) is 29.2 Å². The molecule has 1 aliphatic carbocycles. The van der Waals surface area contributed by atoms with Crippen molar-refractivity contribution in [3.8, 4) is 0 Å². The first kappa shape index (κ1) is 16.0. The van der Waals surface area contributed by atoms with E-state index >= 15 is 0 Å². The molecule has 1 aromatic rings. The molecule has 2 rings (SSSR count). The highest BCUT2D eigenvalue weighted by molar-refractivity contribution is 7.07. The minimum absolute atomic E-state index is 0.0595. The molecule has 1 atom stereocenters. The van der Waals surface area contributed by atoms with Crippen LogP contribution >= 0.6 is 11.3 Å². The third kappa shape index (κ3) is 4.04. The van der Waals surface area contributed by atoms with Crippen molar-refractivity contribution in [1.29, 1.82) is 0 Å². The normalized spacial score (nSPS) is 20.5. The van der Waals surface area contributed by atoms with Gasteiger partial charge in [0.05, 0.1) is 11.6 Å². The second-order valence-electron chi connectivity index (χ2n) is 5.80. The van der Waals surface area contributed by atoms with Crippen molar-refractivity contribution in [3.05, 3.63) is 22.4 Å². The summed E-state index contributed by atoms with van der Waals surface area (Å²) >= 11 is 1.76. The van der Waals surface area contributed by atoms with E-state index in [9.17, 15) is 0 Å². The first-order chi connectivity index (χ1) is 9.80. The quantitative estimate of drug-likeness (QED) is 0.459. The molecule has 3 nitrogen and oxygen atoms in total. The van der Waals surface area contributed by atoms with Gasteiger partial charge in [-0.1, -0.05) is 25.7 Å². The second kappa shape index (κ2) is 8.13. The van der Waals surface area contributed by atoms with Crippen LogP contribution in [0.25, 0.3) is 0 Å². The lowest BCUT2D eigenvalue weighted by atomic mass is 9.83. The van der Waals surface area contributed by atoms with E-state index in [-0.39, 0.29) is 11.6 Å². The van der Waals surface area contributed by atoms with Crippen molar-refractivity contribution in [2.24, 2.45) is 5.84 Å². The zero-order valence-corrected chi connectivity index (χ0v) is 13.4. The van der Waals surface area contributed by atoms with Gasteiger partial charge in [-0.2, -0.15) is 11.3 Å². The van der Waals surface area contributed by atoms with Crippen molar-refractivity contribution in [3.63, 3.8) is 0 Å². The molecule has 0 saturated heterocycles. The van der Waals surface area contributed by atoms with Gasteiger partial charge >= 0.3 is 0 Å². The smallest absolute Gasteiger partial charge is 0.0848 e. The van der Waals surface area contributed by atoms with Crippen LogP contribution < -0.4 is 11.3 Å². The zero-order valence-electron chi connectivity index (χ0n) is 12.6. The van der Waals surface area contributed by atoms with Gasteiger partial charge in [-0.05, 0) is 55.0 Å². The van der Waals surface area contributed by atoms with Gasteiger partial charge in [0.15, 0.2) is 0 Å². The van der Waals surface area contributed by atoms with Gasteiger partial charge in [0.25, 0.3) is 0 Å². The third-order valence-electron chi connectivity index (χ3n) is 4.52. The van der Waals surface area contributed by atoms with Gasteiger partial charge in [0, 0.05) is 6.61 Å². The van der Waals surface area contributed by atoms with E-state index in [1.807, 2.05) is 0 Å². The molecule has 0 bridgehead atoms. The van der Waals surface area contributed by atoms with Gasteiger partial charge in [-0.25, -0.2) is 0 Å². The zero-order chi connectivity index (χ0) is 14.3. The number of ether oxygens (including phenoxy) is 1. The van der Waals surface area contributed by atoms with Crippen LogP contribution in [-0.2, 0) is 11.2 Å². The fraction of sp³-hybridized carbons (Fsp3) is 0.750. The van der Waals surface area contributed by atoms with Crippen molar-refractivity contribution in [2.45, 2.75) is 69.9 Å². The van der Waals surface area contributed by atoms with Gasteiger partial charge in [-0.15, -0.1) is 0 Å². The number of nitrogens with one attached hydrogen (secondary N) is 1. The topological polar surface area (TPSA) is 47.3 Å². The van der Waals surface area contributed by atoms with E-state index < -0.39 is 0 Å². The standard InChI is InChI=1S/C16H28N2OS/c1-2-19-16(10-5-3-4-6-11-16)15(18-17)8-7-14-9-12-20-13-14/h9,12-13,15,18H,2-8,10-11,17H2,1H3. The highest BCUT2D eigenvalue weighted by Gasteiger charge is 2.39. The summed E-state index contributed by atoms with van der Waals surface area (Å²) in [5.74, 6) is 5.88. The molecule has 0 radical (unpaired) electrons. The lowest BCUT2D eigenvalue weighted by molar-refractivity contribution is -0.0785. The molecule has 20 heavy (non-hydrogen) atoms. The maximum absolute atomic E-state index is 6.23. The summed E-state index contributed by atoms with van der Waals surface area (Å²) in [6.07, 6.45) is 9.58. The van der Waals surface area contributed by atoms with Crippen molar-refractivity contribution < 1.29 is 4.74 Å². The predicted octanol–water partition coefficient (Wildman–Crippen LogP) is 3.64. The molecule has 4 heteroatoms. The Morgan fingerprint density at radius 3 is 2.65 bits per heavy atom. The molecule has 1 aliphatic rings. The van der Waals surface area contributed by atoms with Gasteiger partial charge in [0.2, 0.25) is 0 Å². The van der Waals surface area contributed by atoms with Crippen LogP contribution in [0.2, 0.25) is 0 Å². The van der Waals surface area contributed by atoms with Crippen LogP contribution in [0.15, 0.2) is 16.8 Å². The van der Waals surface area contributed by atoms with E-state index in [4.69, 9.17) is 10.6 Å². The molecule has 1 fully saturated rings. The van der Waals surface area contributed by atoms with E-state index in [0.29, 0.717) is 0 Å². The lowest BCUT2D eigenvalue weighted by Crippen LogP contribution is -2.55. The molecule has 1 saturated carbocycles. The summed E-state index contributed by atoms with van der Waals surface area (Å²) in [5, 5.41) is 4.37. The summed E-state index contributed by atoms with van der Waals surface area (Å²) < 4.78 is 6.23. The molecule has 3 N–H and O–H groups in total. The largest absolute Gasteiger partial charge is 0.374 e. The summed E-state index contributed by atoms with van der Waals surface area (Å²) in [7, 11) is 0. The average molecular weight is 296 g/mol. The molecule has 1 unspecified atom stereocenters. The maximum Gasteiger partial charge on any atom is 0.0848 e. The van der Waals surface area contributed by atoms with Crippen LogP contribution in [-0.4, -0.2) is 18.2 Å². The van der Waals surface area contributed by atoms with E-state index in [0.717, 1.165) is 32.3 Å². The van der Waals surface area contributed by atoms with Crippen molar-refractivity contribution >= 4 is 11.3 Å². The summed E-state index contributed by atoms with van der Waals surface area (Å²) in [6, 6.07) is 2.46. The Morgan fingerprint density at radius 1 is 1.35 bits per heavy atom. The first-order valence-corrected chi connectivity index (χ1v) is 8.86. The highest BCUT2D eigenvalue weighted by Crippen LogP contribution is 2.35. The minimum atomic E-state index is -0.0595. The number of hydrogen-bond acceptors (Lipinski definition) is 4. The van der Waals surface area contributed by atoms with Gasteiger partial charge in [-0.3, -0.25) is 11.3 Å². The molecule has 114 valence electrons. The number of thiophene rings is 1. The van der Waals surface area contributed by atoms with Crippen LogP contribution in [0.4, 0.5) is 0 Å². The highest BCUT2D eigenvalue weighted by atomic mass is 32.1. The number of rotatable bonds is 7. The van der Waals surface area contributed by atoms with Crippen molar-refractivity contribution in [1.82, 2.24) is 5.43 Å². The molecular formula is C16H28N2OS. The lowest BCUT2D eigenvalue weighted by Gasteiger charge is -2.40. The predicted molar refractivity (Wildman–Crippen MR) is 85.8 cm³/mol. The van der Waals surface area contributed by atoms with Crippen LogP contribution in [0, 0.1) is 0 Å². The van der Waals surface area contributed by atoms with Crippen molar-refractivity contribution in [2.75, 3.05) is 6.61 Å². The minimum Gasteiger partial charge on any atom is -0.374 e. The Morgan fingerprint density at radius 2 is 2.10 bits per heavy atom. The molecule has 0 spiro atoms. The first-order valence-electron chi connectivity index (χ1n) is 7.92. The fourth-order valence-electron chi connectivity index (χ4n) is 3.45. The Kier molecular flexibility index (Phi) is 6.49. The second-order valence-corrected chi connectivity index (χ2v) is 6.58. The molecule has 0 aromatic carbocycles. The molecule has 0 amide bonds.